The number of ether oxygens (including phenoxy) is 1. The maximum Gasteiger partial charge on any atom is 0.273 e. The molecule has 1 aliphatic heterocycles. The van der Waals surface area contributed by atoms with Gasteiger partial charge in [0.1, 0.15) is 0 Å². The van der Waals surface area contributed by atoms with Crippen LogP contribution in [0.15, 0.2) is 30.5 Å². The number of para-hydroxylation sites is 1. The fraction of sp³-hybridized carbons (Fsp3) is 0.438. The second kappa shape index (κ2) is 6.68. The predicted molar refractivity (Wildman–Crippen MR) is 86.9 cm³/mol. The molecule has 6 nitrogen and oxygen atoms in total. The van der Waals surface area contributed by atoms with E-state index in [1.54, 1.807) is 12.3 Å². The van der Waals surface area contributed by atoms with Crippen LogP contribution in [0, 0.1) is 0 Å². The van der Waals surface area contributed by atoms with E-state index in [0.29, 0.717) is 23.9 Å². The van der Waals surface area contributed by atoms with E-state index in [1.807, 2.05) is 18.2 Å². The lowest BCUT2D eigenvalue weighted by molar-refractivity contribution is 0.0864. The summed E-state index contributed by atoms with van der Waals surface area (Å²) in [5, 5.41) is 11.6. The van der Waals surface area contributed by atoms with Crippen LogP contribution in [0.5, 0.6) is 0 Å². The first kappa shape index (κ1) is 16.0. The van der Waals surface area contributed by atoms with Gasteiger partial charge in [-0.2, -0.15) is 0 Å². The summed E-state index contributed by atoms with van der Waals surface area (Å²) < 4.78 is 6.98. The molecule has 0 radical (unpaired) electrons. The van der Waals surface area contributed by atoms with Gasteiger partial charge in [-0.05, 0) is 25.0 Å². The first-order valence-corrected chi connectivity index (χ1v) is 8.09. The average molecular weight is 335 g/mol. The third-order valence-corrected chi connectivity index (χ3v) is 4.36. The Balaban J connectivity index is 1.77. The molecule has 1 aromatic carbocycles. The van der Waals surface area contributed by atoms with Crippen LogP contribution in [0.3, 0.4) is 0 Å². The molecule has 2 aromatic rings. The van der Waals surface area contributed by atoms with Gasteiger partial charge in [0, 0.05) is 6.61 Å². The van der Waals surface area contributed by atoms with Gasteiger partial charge in [-0.1, -0.05) is 42.3 Å². The van der Waals surface area contributed by atoms with E-state index in [2.05, 4.69) is 22.6 Å². The third-order valence-electron chi connectivity index (χ3n) is 4.04. The summed E-state index contributed by atoms with van der Waals surface area (Å²) >= 11 is 6.14. The summed E-state index contributed by atoms with van der Waals surface area (Å²) in [6, 6.07) is 7.28. The highest BCUT2D eigenvalue weighted by molar-refractivity contribution is 6.32. The number of nitrogens with zero attached hydrogens (tertiary/aromatic N) is 3. The molecule has 1 aromatic heterocycles. The fourth-order valence-corrected chi connectivity index (χ4v) is 3.09. The standard InChI is InChI=1S/C16H19ClN4O2/c1-2-7-16(8-9-23-11-16)18-15(22)13-10-21(20-19-13)14-6-4-3-5-12(14)17/h3-6,10H,2,7-9,11H2,1H3,(H,18,22). The number of nitrogens with one attached hydrogen (secondary N) is 1. The largest absolute Gasteiger partial charge is 0.379 e. The number of carbonyl (C=O) groups is 1. The molecule has 122 valence electrons. The lowest BCUT2D eigenvalue weighted by Gasteiger charge is -2.27. The number of halogens is 1. The van der Waals surface area contributed by atoms with E-state index >= 15 is 0 Å². The highest BCUT2D eigenvalue weighted by Gasteiger charge is 2.36. The maximum atomic E-state index is 12.5. The quantitative estimate of drug-likeness (QED) is 0.912. The van der Waals surface area contributed by atoms with E-state index in [0.717, 1.165) is 19.3 Å². The van der Waals surface area contributed by atoms with E-state index < -0.39 is 0 Å². The predicted octanol–water partition coefficient (Wildman–Crippen LogP) is 2.61. The second-order valence-electron chi connectivity index (χ2n) is 5.79. The first-order valence-electron chi connectivity index (χ1n) is 7.71. The number of aromatic nitrogens is 3. The average Bonchev–Trinajstić information content (AvgIpc) is 3.18. The van der Waals surface area contributed by atoms with Crippen LogP contribution < -0.4 is 5.32 Å². The van der Waals surface area contributed by atoms with Crippen molar-refractivity contribution in [1.29, 1.82) is 0 Å². The summed E-state index contributed by atoms with van der Waals surface area (Å²) in [5.41, 5.74) is 0.667. The Morgan fingerprint density at radius 2 is 2.30 bits per heavy atom. The van der Waals surface area contributed by atoms with Gasteiger partial charge in [-0.3, -0.25) is 4.79 Å². The topological polar surface area (TPSA) is 69.0 Å². The molecule has 1 N–H and O–H groups in total. The third kappa shape index (κ3) is 3.38. The minimum absolute atomic E-state index is 0.234. The molecule has 23 heavy (non-hydrogen) atoms. The summed E-state index contributed by atoms with van der Waals surface area (Å²) in [7, 11) is 0. The van der Waals surface area contributed by atoms with Gasteiger partial charge < -0.3 is 10.1 Å². The highest BCUT2D eigenvalue weighted by atomic mass is 35.5. The molecule has 7 heteroatoms. The van der Waals surface area contributed by atoms with Gasteiger partial charge in [0.15, 0.2) is 5.69 Å². The maximum absolute atomic E-state index is 12.5. The minimum Gasteiger partial charge on any atom is -0.379 e. The molecule has 0 bridgehead atoms. The molecular formula is C16H19ClN4O2. The zero-order chi connectivity index (χ0) is 16.3. The van der Waals surface area contributed by atoms with Crippen LogP contribution in [0.1, 0.15) is 36.7 Å². The molecule has 0 saturated carbocycles. The van der Waals surface area contributed by atoms with Crippen LogP contribution in [0.25, 0.3) is 5.69 Å². The van der Waals surface area contributed by atoms with Crippen molar-refractivity contribution in [3.05, 3.63) is 41.2 Å². The summed E-state index contributed by atoms with van der Waals surface area (Å²) in [5.74, 6) is -0.234. The molecule has 1 aliphatic rings. The Labute approximate surface area is 139 Å². The monoisotopic (exact) mass is 334 g/mol. The Morgan fingerprint density at radius 1 is 1.48 bits per heavy atom. The van der Waals surface area contributed by atoms with Gasteiger partial charge in [0.05, 0.1) is 29.1 Å². The van der Waals surface area contributed by atoms with Gasteiger partial charge in [0.2, 0.25) is 0 Å². The van der Waals surface area contributed by atoms with Crippen molar-refractivity contribution in [2.75, 3.05) is 13.2 Å². The van der Waals surface area contributed by atoms with Crippen LogP contribution in [-0.4, -0.2) is 39.7 Å². The molecule has 3 rings (SSSR count). The Bertz CT molecular complexity index is 695. The summed E-state index contributed by atoms with van der Waals surface area (Å²) in [6.45, 7) is 3.32. The molecule has 2 heterocycles. The van der Waals surface area contributed by atoms with Crippen molar-refractivity contribution in [3.8, 4) is 5.69 Å². The van der Waals surface area contributed by atoms with E-state index in [1.165, 1.54) is 4.68 Å². The number of benzene rings is 1. The lowest BCUT2D eigenvalue weighted by Crippen LogP contribution is -2.49. The first-order chi connectivity index (χ1) is 11.1. The van der Waals surface area contributed by atoms with Gasteiger partial charge in [-0.15, -0.1) is 5.10 Å². The van der Waals surface area contributed by atoms with Crippen LogP contribution >= 0.6 is 11.6 Å². The van der Waals surface area contributed by atoms with Crippen molar-refractivity contribution >= 4 is 17.5 Å². The minimum atomic E-state index is -0.292. The number of rotatable bonds is 5. The van der Waals surface area contributed by atoms with Crippen LogP contribution in [0.4, 0.5) is 0 Å². The van der Waals surface area contributed by atoms with E-state index in [9.17, 15) is 4.79 Å². The smallest absolute Gasteiger partial charge is 0.273 e. The Morgan fingerprint density at radius 3 is 3.00 bits per heavy atom. The van der Waals surface area contributed by atoms with Gasteiger partial charge in [-0.25, -0.2) is 4.68 Å². The molecular weight excluding hydrogens is 316 g/mol. The lowest BCUT2D eigenvalue weighted by atomic mass is 9.92. The summed E-state index contributed by atoms with van der Waals surface area (Å²) in [4.78, 5) is 12.5. The zero-order valence-corrected chi connectivity index (χ0v) is 13.7. The summed E-state index contributed by atoms with van der Waals surface area (Å²) in [6.07, 6.45) is 4.28. The van der Waals surface area contributed by atoms with Gasteiger partial charge >= 0.3 is 0 Å². The SMILES string of the molecule is CCCC1(NC(=O)c2cn(-c3ccccc3Cl)nn2)CCOC1. The normalized spacial score (nSPS) is 20.6. The molecule has 0 spiro atoms. The Kier molecular flexibility index (Phi) is 4.63. The number of hydrogen-bond donors (Lipinski definition) is 1. The van der Waals surface area contributed by atoms with Crippen molar-refractivity contribution in [2.24, 2.45) is 0 Å². The fourth-order valence-electron chi connectivity index (χ4n) is 2.87. The molecule has 1 atom stereocenters. The molecule has 1 fully saturated rings. The van der Waals surface area contributed by atoms with Gasteiger partial charge in [0.25, 0.3) is 5.91 Å². The van der Waals surface area contributed by atoms with Crippen molar-refractivity contribution < 1.29 is 9.53 Å². The second-order valence-corrected chi connectivity index (χ2v) is 6.19. The molecule has 0 aliphatic carbocycles. The van der Waals surface area contributed by atoms with Crippen LogP contribution in [0.2, 0.25) is 5.02 Å². The zero-order valence-electron chi connectivity index (χ0n) is 13.0. The van der Waals surface area contributed by atoms with E-state index in [-0.39, 0.29) is 17.1 Å². The molecule has 1 amide bonds. The number of carbonyl (C=O) groups excluding carboxylic acids is 1. The van der Waals surface area contributed by atoms with Crippen molar-refractivity contribution in [2.45, 2.75) is 31.7 Å². The molecule has 1 saturated heterocycles. The van der Waals surface area contributed by atoms with Crippen molar-refractivity contribution in [3.63, 3.8) is 0 Å². The number of hydrogen-bond acceptors (Lipinski definition) is 4. The van der Waals surface area contributed by atoms with Crippen molar-refractivity contribution in [1.82, 2.24) is 20.3 Å². The Hall–Kier alpha value is -1.92. The van der Waals surface area contributed by atoms with E-state index in [4.69, 9.17) is 16.3 Å². The number of amides is 1. The van der Waals surface area contributed by atoms with Crippen LogP contribution in [-0.2, 0) is 4.74 Å². The molecule has 1 unspecified atom stereocenters. The highest BCUT2D eigenvalue weighted by Crippen LogP contribution is 2.24.